The zero-order valence-electron chi connectivity index (χ0n) is 11.7. The number of aryl methyl sites for hydroxylation is 1. The Bertz CT molecular complexity index is 817. The highest BCUT2D eigenvalue weighted by atomic mass is 127. The molecule has 3 rings (SSSR count). The fraction of sp³-hybridized carbons (Fsp3) is 0.0667. The first-order valence-corrected chi connectivity index (χ1v) is 7.60. The van der Waals surface area contributed by atoms with E-state index in [1.807, 2.05) is 19.1 Å². The summed E-state index contributed by atoms with van der Waals surface area (Å²) in [5.41, 5.74) is 1.23. The molecule has 0 saturated carbocycles. The van der Waals surface area contributed by atoms with Gasteiger partial charge in [-0.3, -0.25) is 9.36 Å². The summed E-state index contributed by atoms with van der Waals surface area (Å²) in [6, 6.07) is 7.22. The lowest BCUT2D eigenvalue weighted by molar-refractivity contribution is 0.102. The summed E-state index contributed by atoms with van der Waals surface area (Å²) in [6.45, 7) is 1.90. The van der Waals surface area contributed by atoms with E-state index in [1.54, 1.807) is 41.6 Å². The maximum absolute atomic E-state index is 12.3. The van der Waals surface area contributed by atoms with Gasteiger partial charge in [-0.1, -0.05) is 6.07 Å². The lowest BCUT2D eigenvalue weighted by Gasteiger charge is -2.08. The van der Waals surface area contributed by atoms with Crippen LogP contribution < -0.4 is 5.32 Å². The van der Waals surface area contributed by atoms with Crippen molar-refractivity contribution in [2.45, 2.75) is 6.92 Å². The number of carbonyl (C=O) groups is 1. The summed E-state index contributed by atoms with van der Waals surface area (Å²) < 4.78 is 2.76. The molecular formula is C15H12IN5O. The molecule has 0 unspecified atom stereocenters. The highest BCUT2D eigenvalue weighted by Gasteiger charge is 2.11. The number of carbonyl (C=O) groups excluding carboxylic acids is 1. The highest BCUT2D eigenvalue weighted by Crippen LogP contribution is 2.15. The van der Waals surface area contributed by atoms with Gasteiger partial charge in [0.25, 0.3) is 5.91 Å². The van der Waals surface area contributed by atoms with Crippen LogP contribution in [0.5, 0.6) is 0 Å². The predicted octanol–water partition coefficient (Wildman–Crippen LogP) is 2.83. The molecule has 0 atom stereocenters. The summed E-state index contributed by atoms with van der Waals surface area (Å²) in [5.74, 6) is 0.886. The molecule has 6 nitrogen and oxygen atoms in total. The van der Waals surface area contributed by atoms with Crippen molar-refractivity contribution in [2.75, 3.05) is 5.32 Å². The average Bonchev–Trinajstić information content (AvgIpc) is 3.04. The Morgan fingerprint density at radius 2 is 2.23 bits per heavy atom. The standard InChI is InChI=1S/C15H12IN5O/c1-10-7-11(16)8-18-14(10)20-15(22)12-3-2-4-13(19-12)21-6-5-17-9-21/h2-9H,1H3,(H,18,20,22). The number of imidazole rings is 1. The fourth-order valence-corrected chi connectivity index (χ4v) is 2.54. The van der Waals surface area contributed by atoms with Crippen LogP contribution in [-0.2, 0) is 0 Å². The van der Waals surface area contributed by atoms with Gasteiger partial charge < -0.3 is 5.32 Å². The van der Waals surface area contributed by atoms with E-state index in [-0.39, 0.29) is 5.91 Å². The first-order valence-electron chi connectivity index (χ1n) is 6.52. The Balaban J connectivity index is 1.85. The Morgan fingerprint density at radius 3 is 2.95 bits per heavy atom. The monoisotopic (exact) mass is 405 g/mol. The van der Waals surface area contributed by atoms with Crippen LogP contribution in [0.3, 0.4) is 0 Å². The second-order valence-corrected chi connectivity index (χ2v) is 5.87. The third-order valence-electron chi connectivity index (χ3n) is 3.01. The van der Waals surface area contributed by atoms with Gasteiger partial charge in [0, 0.05) is 22.2 Å². The molecule has 0 aliphatic heterocycles. The number of amides is 1. The molecule has 0 saturated heterocycles. The minimum Gasteiger partial charge on any atom is -0.305 e. The van der Waals surface area contributed by atoms with E-state index in [0.717, 1.165) is 9.13 Å². The molecule has 0 aliphatic rings. The van der Waals surface area contributed by atoms with Gasteiger partial charge in [0.05, 0.1) is 0 Å². The quantitative estimate of drug-likeness (QED) is 0.681. The van der Waals surface area contributed by atoms with Crippen molar-refractivity contribution < 1.29 is 4.79 Å². The molecule has 3 heterocycles. The smallest absolute Gasteiger partial charge is 0.275 e. The number of pyridine rings is 2. The number of aromatic nitrogens is 4. The van der Waals surface area contributed by atoms with Crippen molar-refractivity contribution in [3.8, 4) is 5.82 Å². The maximum atomic E-state index is 12.3. The van der Waals surface area contributed by atoms with E-state index >= 15 is 0 Å². The Hall–Kier alpha value is -2.29. The molecule has 0 fully saturated rings. The van der Waals surface area contributed by atoms with E-state index in [0.29, 0.717) is 17.3 Å². The zero-order chi connectivity index (χ0) is 15.5. The Kier molecular flexibility index (Phi) is 4.14. The van der Waals surface area contributed by atoms with Gasteiger partial charge in [-0.05, 0) is 53.3 Å². The number of nitrogens with zero attached hydrogens (tertiary/aromatic N) is 4. The van der Waals surface area contributed by atoms with Gasteiger partial charge in [-0.25, -0.2) is 15.0 Å². The van der Waals surface area contributed by atoms with Crippen LogP contribution in [0.4, 0.5) is 5.82 Å². The van der Waals surface area contributed by atoms with Gasteiger partial charge >= 0.3 is 0 Å². The van der Waals surface area contributed by atoms with Gasteiger partial charge in [-0.15, -0.1) is 0 Å². The molecule has 0 bridgehead atoms. The van der Waals surface area contributed by atoms with Crippen molar-refractivity contribution >= 4 is 34.3 Å². The van der Waals surface area contributed by atoms with Crippen LogP contribution in [0.25, 0.3) is 5.82 Å². The third-order valence-corrected chi connectivity index (χ3v) is 3.60. The molecule has 0 aliphatic carbocycles. The summed E-state index contributed by atoms with van der Waals surface area (Å²) in [5, 5.41) is 2.79. The minimum absolute atomic E-state index is 0.293. The van der Waals surface area contributed by atoms with Crippen molar-refractivity contribution in [3.63, 3.8) is 0 Å². The molecule has 0 aromatic carbocycles. The van der Waals surface area contributed by atoms with E-state index in [2.05, 4.69) is 42.9 Å². The lowest BCUT2D eigenvalue weighted by atomic mass is 10.2. The Morgan fingerprint density at radius 1 is 1.36 bits per heavy atom. The zero-order valence-corrected chi connectivity index (χ0v) is 13.9. The number of rotatable bonds is 3. The molecule has 3 aromatic heterocycles. The molecular weight excluding hydrogens is 393 g/mol. The van der Waals surface area contributed by atoms with Gasteiger partial charge in [0.1, 0.15) is 23.7 Å². The van der Waals surface area contributed by atoms with E-state index in [1.165, 1.54) is 0 Å². The number of nitrogens with one attached hydrogen (secondary N) is 1. The fourth-order valence-electron chi connectivity index (χ4n) is 1.93. The van der Waals surface area contributed by atoms with Crippen LogP contribution in [0, 0.1) is 10.5 Å². The van der Waals surface area contributed by atoms with Crippen molar-refractivity contribution in [1.29, 1.82) is 0 Å². The summed E-state index contributed by atoms with van der Waals surface area (Å²) in [6.07, 6.45) is 6.77. The average molecular weight is 405 g/mol. The van der Waals surface area contributed by atoms with E-state index < -0.39 is 0 Å². The molecule has 22 heavy (non-hydrogen) atoms. The maximum Gasteiger partial charge on any atom is 0.275 e. The topological polar surface area (TPSA) is 72.7 Å². The second kappa shape index (κ2) is 6.22. The minimum atomic E-state index is -0.293. The number of hydrogen-bond donors (Lipinski definition) is 1. The van der Waals surface area contributed by atoms with Gasteiger partial charge in [0.2, 0.25) is 0 Å². The first-order chi connectivity index (χ1) is 10.6. The molecule has 1 N–H and O–H groups in total. The first kappa shape index (κ1) is 14.6. The van der Waals surface area contributed by atoms with E-state index in [4.69, 9.17) is 0 Å². The largest absolute Gasteiger partial charge is 0.305 e. The second-order valence-electron chi connectivity index (χ2n) is 4.62. The Labute approximate surface area is 140 Å². The molecule has 7 heteroatoms. The lowest BCUT2D eigenvalue weighted by Crippen LogP contribution is -2.16. The molecule has 0 radical (unpaired) electrons. The van der Waals surface area contributed by atoms with Crippen molar-refractivity contribution in [1.82, 2.24) is 19.5 Å². The van der Waals surface area contributed by atoms with Gasteiger partial charge in [-0.2, -0.15) is 0 Å². The van der Waals surface area contributed by atoms with Crippen molar-refractivity contribution in [3.05, 3.63) is 64.0 Å². The van der Waals surface area contributed by atoms with Crippen LogP contribution in [0.15, 0.2) is 49.2 Å². The van der Waals surface area contributed by atoms with Crippen LogP contribution in [0.2, 0.25) is 0 Å². The molecule has 0 spiro atoms. The number of anilines is 1. The van der Waals surface area contributed by atoms with E-state index in [9.17, 15) is 4.79 Å². The van der Waals surface area contributed by atoms with Crippen LogP contribution in [-0.4, -0.2) is 25.4 Å². The number of halogens is 1. The van der Waals surface area contributed by atoms with Crippen LogP contribution >= 0.6 is 22.6 Å². The highest BCUT2D eigenvalue weighted by molar-refractivity contribution is 14.1. The molecule has 1 amide bonds. The third kappa shape index (κ3) is 3.14. The normalized spacial score (nSPS) is 10.5. The van der Waals surface area contributed by atoms with Gasteiger partial charge in [0.15, 0.2) is 0 Å². The SMILES string of the molecule is Cc1cc(I)cnc1NC(=O)c1cccc(-n2ccnc2)n1. The summed E-state index contributed by atoms with van der Waals surface area (Å²) >= 11 is 2.18. The molecule has 3 aromatic rings. The summed E-state index contributed by atoms with van der Waals surface area (Å²) in [4.78, 5) is 24.9. The summed E-state index contributed by atoms with van der Waals surface area (Å²) in [7, 11) is 0. The predicted molar refractivity (Wildman–Crippen MR) is 91.0 cm³/mol. The van der Waals surface area contributed by atoms with Crippen molar-refractivity contribution in [2.24, 2.45) is 0 Å². The molecule has 110 valence electrons. The number of hydrogen-bond acceptors (Lipinski definition) is 4. The van der Waals surface area contributed by atoms with Crippen LogP contribution in [0.1, 0.15) is 16.1 Å².